The SMILES string of the molecule is [C-]#[N+]c1c(C(OO)C2C(C)CC(C)CC2C)c2nc(-c3ccc(C)cc3)[nH]n2c1C(=O)N1CCOCC1. The van der Waals surface area contributed by atoms with Crippen LogP contribution in [0.1, 0.15) is 61.3 Å². The number of carbonyl (C=O) groups excluding carboxylic acids is 1. The maximum atomic E-state index is 13.8. The first-order chi connectivity index (χ1) is 17.8. The molecule has 9 heteroatoms. The number of hydrogen-bond acceptors (Lipinski definition) is 5. The van der Waals surface area contributed by atoms with E-state index >= 15 is 0 Å². The Hall–Kier alpha value is -3.19. The summed E-state index contributed by atoms with van der Waals surface area (Å²) in [5, 5.41) is 13.6. The molecule has 37 heavy (non-hydrogen) atoms. The van der Waals surface area contributed by atoms with Crippen LogP contribution in [0.5, 0.6) is 0 Å². The highest BCUT2D eigenvalue weighted by Crippen LogP contribution is 2.49. The number of rotatable bonds is 5. The molecule has 0 radical (unpaired) electrons. The number of ether oxygens (including phenoxy) is 1. The summed E-state index contributed by atoms with van der Waals surface area (Å²) in [5.41, 5.74) is 3.31. The molecule has 0 bridgehead atoms. The average molecular weight is 506 g/mol. The molecule has 5 rings (SSSR count). The lowest BCUT2D eigenvalue weighted by Gasteiger charge is -2.41. The minimum atomic E-state index is -0.781. The monoisotopic (exact) mass is 505 g/mol. The van der Waals surface area contributed by atoms with Gasteiger partial charge in [-0.25, -0.2) is 19.2 Å². The summed E-state index contributed by atoms with van der Waals surface area (Å²) in [7, 11) is 0. The molecule has 196 valence electrons. The minimum Gasteiger partial charge on any atom is -0.378 e. The van der Waals surface area contributed by atoms with Crippen molar-refractivity contribution in [3.8, 4) is 11.4 Å². The largest absolute Gasteiger partial charge is 0.378 e. The topological polar surface area (TPSA) is 96.4 Å². The molecule has 2 N–H and O–H groups in total. The van der Waals surface area contributed by atoms with Gasteiger partial charge in [-0.05, 0) is 43.4 Å². The molecule has 1 aliphatic heterocycles. The first-order valence-electron chi connectivity index (χ1n) is 13.1. The molecule has 2 aliphatic rings. The maximum absolute atomic E-state index is 13.8. The normalized spacial score (nSPS) is 25.2. The van der Waals surface area contributed by atoms with Gasteiger partial charge in [0.05, 0.1) is 19.8 Å². The maximum Gasteiger partial charge on any atom is 0.262 e. The predicted octanol–water partition coefficient (Wildman–Crippen LogP) is 5.51. The Morgan fingerprint density at radius 3 is 2.43 bits per heavy atom. The number of carbonyl (C=O) groups is 1. The molecular weight excluding hydrogens is 470 g/mol. The number of benzene rings is 1. The van der Waals surface area contributed by atoms with Crippen LogP contribution in [0.2, 0.25) is 0 Å². The van der Waals surface area contributed by atoms with Gasteiger partial charge in [-0.3, -0.25) is 15.2 Å². The number of aromatic nitrogens is 3. The van der Waals surface area contributed by atoms with Crippen molar-refractivity contribution >= 4 is 17.2 Å². The van der Waals surface area contributed by atoms with Crippen molar-refractivity contribution in [1.29, 1.82) is 0 Å². The number of nitrogens with one attached hydrogen (secondary N) is 1. The number of hydrogen-bond donors (Lipinski definition) is 2. The smallest absolute Gasteiger partial charge is 0.262 e. The van der Waals surface area contributed by atoms with Crippen molar-refractivity contribution in [2.75, 3.05) is 26.3 Å². The summed E-state index contributed by atoms with van der Waals surface area (Å²) < 4.78 is 7.05. The summed E-state index contributed by atoms with van der Waals surface area (Å²) in [6, 6.07) is 7.95. The Morgan fingerprint density at radius 1 is 1.19 bits per heavy atom. The fraction of sp³-hybridized carbons (Fsp3) is 0.536. The van der Waals surface area contributed by atoms with Crippen molar-refractivity contribution in [1.82, 2.24) is 19.5 Å². The second-order valence-corrected chi connectivity index (χ2v) is 10.9. The molecule has 1 saturated carbocycles. The van der Waals surface area contributed by atoms with Gasteiger partial charge >= 0.3 is 0 Å². The first-order valence-corrected chi connectivity index (χ1v) is 13.1. The second-order valence-electron chi connectivity index (χ2n) is 10.9. The van der Waals surface area contributed by atoms with E-state index in [4.69, 9.17) is 21.2 Å². The van der Waals surface area contributed by atoms with Gasteiger partial charge in [0.1, 0.15) is 17.4 Å². The van der Waals surface area contributed by atoms with Gasteiger partial charge in [-0.15, -0.1) is 0 Å². The summed E-state index contributed by atoms with van der Waals surface area (Å²) in [6.45, 7) is 18.5. The van der Waals surface area contributed by atoms with Crippen LogP contribution in [-0.2, 0) is 9.62 Å². The van der Waals surface area contributed by atoms with Crippen LogP contribution in [0.3, 0.4) is 0 Å². The molecule has 3 heterocycles. The van der Waals surface area contributed by atoms with Crippen LogP contribution in [0.4, 0.5) is 5.69 Å². The summed E-state index contributed by atoms with van der Waals surface area (Å²) in [4.78, 5) is 29.4. The Bertz CT molecular complexity index is 1300. The van der Waals surface area contributed by atoms with Crippen LogP contribution in [-0.4, -0.2) is 57.0 Å². The summed E-state index contributed by atoms with van der Waals surface area (Å²) in [6.07, 6.45) is 1.24. The van der Waals surface area contributed by atoms with Gasteiger partial charge in [-0.2, -0.15) is 0 Å². The quantitative estimate of drug-likeness (QED) is 0.271. The van der Waals surface area contributed by atoms with Crippen molar-refractivity contribution in [3.63, 3.8) is 0 Å². The lowest BCUT2D eigenvalue weighted by atomic mass is 9.66. The van der Waals surface area contributed by atoms with Crippen molar-refractivity contribution < 1.29 is 19.7 Å². The van der Waals surface area contributed by atoms with E-state index < -0.39 is 6.10 Å². The lowest BCUT2D eigenvalue weighted by Crippen LogP contribution is -2.41. The number of morpholine rings is 1. The molecular formula is C28H35N5O4. The van der Waals surface area contributed by atoms with Gasteiger partial charge in [0.2, 0.25) is 5.69 Å². The lowest BCUT2D eigenvalue weighted by molar-refractivity contribution is -0.302. The highest BCUT2D eigenvalue weighted by Gasteiger charge is 2.43. The van der Waals surface area contributed by atoms with E-state index in [-0.39, 0.29) is 35.0 Å². The van der Waals surface area contributed by atoms with E-state index in [2.05, 4.69) is 30.7 Å². The minimum absolute atomic E-state index is 0.0289. The molecule has 1 aromatic carbocycles. The molecule has 3 atom stereocenters. The number of H-pyrrole nitrogens is 1. The van der Waals surface area contributed by atoms with E-state index in [1.807, 2.05) is 31.2 Å². The number of aryl methyl sites for hydroxylation is 1. The molecule has 2 aromatic heterocycles. The third kappa shape index (κ3) is 4.54. The highest BCUT2D eigenvalue weighted by molar-refractivity contribution is 6.01. The first kappa shape index (κ1) is 25.5. The zero-order valence-electron chi connectivity index (χ0n) is 21.9. The molecule has 0 spiro atoms. The van der Waals surface area contributed by atoms with Gasteiger partial charge < -0.3 is 9.64 Å². The van der Waals surface area contributed by atoms with Crippen LogP contribution in [0.15, 0.2) is 24.3 Å². The zero-order chi connectivity index (χ0) is 26.3. The number of aromatic amines is 1. The average Bonchev–Trinajstić information content (AvgIpc) is 3.43. The fourth-order valence-electron chi connectivity index (χ4n) is 6.50. The Labute approximate surface area is 217 Å². The molecule has 1 saturated heterocycles. The third-order valence-electron chi connectivity index (χ3n) is 8.14. The van der Waals surface area contributed by atoms with Gasteiger partial charge in [0, 0.05) is 24.2 Å². The van der Waals surface area contributed by atoms with E-state index in [9.17, 15) is 10.1 Å². The van der Waals surface area contributed by atoms with Crippen molar-refractivity contribution in [3.05, 3.63) is 52.5 Å². The molecule has 3 aromatic rings. The molecule has 2 fully saturated rings. The zero-order valence-corrected chi connectivity index (χ0v) is 21.9. The van der Waals surface area contributed by atoms with E-state index in [0.29, 0.717) is 49.3 Å². The molecule has 3 unspecified atom stereocenters. The van der Waals surface area contributed by atoms with Gasteiger partial charge in [-0.1, -0.05) is 50.6 Å². The second kappa shape index (κ2) is 10.3. The van der Waals surface area contributed by atoms with Gasteiger partial charge in [0.25, 0.3) is 5.91 Å². The summed E-state index contributed by atoms with van der Waals surface area (Å²) >= 11 is 0. The van der Waals surface area contributed by atoms with E-state index in [1.54, 1.807) is 9.42 Å². The Kier molecular flexibility index (Phi) is 7.08. The summed E-state index contributed by atoms with van der Waals surface area (Å²) in [5.74, 6) is 1.39. The number of amides is 1. The van der Waals surface area contributed by atoms with Crippen LogP contribution >= 0.6 is 0 Å². The van der Waals surface area contributed by atoms with Crippen molar-refractivity contribution in [2.24, 2.45) is 23.7 Å². The molecule has 9 nitrogen and oxygen atoms in total. The number of fused-ring (bicyclic) bond motifs is 1. The van der Waals surface area contributed by atoms with E-state index in [0.717, 1.165) is 24.0 Å². The molecule has 1 amide bonds. The Balaban J connectivity index is 1.70. The molecule has 1 aliphatic carbocycles. The number of nitrogens with zero attached hydrogens (tertiary/aromatic N) is 4. The third-order valence-corrected chi connectivity index (χ3v) is 8.14. The fourth-order valence-corrected chi connectivity index (χ4v) is 6.50. The highest BCUT2D eigenvalue weighted by atomic mass is 17.1. The Morgan fingerprint density at radius 2 is 1.84 bits per heavy atom. The van der Waals surface area contributed by atoms with Crippen LogP contribution < -0.4 is 0 Å². The van der Waals surface area contributed by atoms with E-state index in [1.165, 1.54) is 0 Å². The standard InChI is InChI=1S/C28H35N5O4/c1-16-6-8-20(9-7-16)26-30-27-22(25(37-35)21-18(3)14-17(2)15-19(21)4)23(29-5)24(33(27)31-26)28(34)32-10-12-36-13-11-32/h6-9,17-19,21,25,35H,10-15H2,1-4H3,(H,30,31). The predicted molar refractivity (Wildman–Crippen MR) is 139 cm³/mol. The van der Waals surface area contributed by atoms with Crippen LogP contribution in [0.25, 0.3) is 21.9 Å². The van der Waals surface area contributed by atoms with Crippen LogP contribution in [0, 0.1) is 37.2 Å². The van der Waals surface area contributed by atoms with Gasteiger partial charge in [0.15, 0.2) is 5.82 Å². The van der Waals surface area contributed by atoms with Crippen molar-refractivity contribution in [2.45, 2.75) is 46.6 Å².